The molecular formula is C24H26N4O. The van der Waals surface area contributed by atoms with Crippen LogP contribution in [0, 0.1) is 6.92 Å². The topological polar surface area (TPSA) is 50.2 Å². The molecule has 5 rings (SSSR count). The first-order valence-corrected chi connectivity index (χ1v) is 10.4. The molecule has 0 radical (unpaired) electrons. The van der Waals surface area contributed by atoms with E-state index in [9.17, 15) is 4.79 Å². The number of rotatable bonds is 3. The van der Waals surface area contributed by atoms with Crippen LogP contribution in [0.2, 0.25) is 0 Å². The summed E-state index contributed by atoms with van der Waals surface area (Å²) in [5.74, 6) is 0.0802. The first-order valence-electron chi connectivity index (χ1n) is 10.4. The van der Waals surface area contributed by atoms with E-state index < -0.39 is 0 Å². The molecule has 3 aromatic rings. The molecule has 0 aliphatic carbocycles. The second kappa shape index (κ2) is 7.48. The number of benzene rings is 2. The lowest BCUT2D eigenvalue weighted by Crippen LogP contribution is -2.39. The highest BCUT2D eigenvalue weighted by atomic mass is 16.2. The van der Waals surface area contributed by atoms with Crippen LogP contribution in [-0.4, -0.2) is 45.8 Å². The van der Waals surface area contributed by atoms with E-state index in [4.69, 9.17) is 5.10 Å². The van der Waals surface area contributed by atoms with Crippen LogP contribution < -0.4 is 5.32 Å². The van der Waals surface area contributed by atoms with Crippen molar-refractivity contribution in [1.29, 1.82) is 0 Å². The summed E-state index contributed by atoms with van der Waals surface area (Å²) < 4.78 is 1.83. The average Bonchev–Trinajstić information content (AvgIpc) is 3.32. The van der Waals surface area contributed by atoms with E-state index in [2.05, 4.69) is 24.4 Å². The number of hydrogen-bond donors (Lipinski definition) is 1. The molecule has 2 bridgehead atoms. The van der Waals surface area contributed by atoms with Crippen LogP contribution in [-0.2, 0) is 0 Å². The number of aromatic nitrogens is 2. The monoisotopic (exact) mass is 386 g/mol. The highest BCUT2D eigenvalue weighted by Crippen LogP contribution is 2.27. The summed E-state index contributed by atoms with van der Waals surface area (Å²) in [6.07, 6.45) is 5.30. The van der Waals surface area contributed by atoms with Crippen LogP contribution in [0.5, 0.6) is 0 Å². The predicted molar refractivity (Wildman–Crippen MR) is 114 cm³/mol. The van der Waals surface area contributed by atoms with Crippen molar-refractivity contribution in [2.75, 3.05) is 13.1 Å². The molecule has 2 atom stereocenters. The molecule has 2 aromatic carbocycles. The Bertz CT molecular complexity index is 1010. The SMILES string of the molecule is Cc1ccc(-n2cc(C(=O)N3CCC4CCC(C3)N4)c(-c3ccccc3)n2)cc1. The molecule has 0 saturated carbocycles. The fraction of sp³-hybridized carbons (Fsp3) is 0.333. The van der Waals surface area contributed by atoms with E-state index in [1.54, 1.807) is 0 Å². The Balaban J connectivity index is 1.53. The molecule has 3 heterocycles. The molecule has 1 amide bonds. The van der Waals surface area contributed by atoms with E-state index in [-0.39, 0.29) is 5.91 Å². The quantitative estimate of drug-likeness (QED) is 0.745. The van der Waals surface area contributed by atoms with Gasteiger partial charge in [0.2, 0.25) is 0 Å². The van der Waals surface area contributed by atoms with Crippen LogP contribution in [0.4, 0.5) is 0 Å². The van der Waals surface area contributed by atoms with Crippen LogP contribution in [0.1, 0.15) is 35.2 Å². The highest BCUT2D eigenvalue weighted by Gasteiger charge is 2.33. The molecule has 2 aliphatic rings. The molecule has 29 heavy (non-hydrogen) atoms. The second-order valence-corrected chi connectivity index (χ2v) is 8.22. The van der Waals surface area contributed by atoms with Crippen molar-refractivity contribution in [1.82, 2.24) is 20.0 Å². The fourth-order valence-electron chi connectivity index (χ4n) is 4.47. The molecule has 2 saturated heterocycles. The lowest BCUT2D eigenvalue weighted by atomic mass is 10.1. The van der Waals surface area contributed by atoms with E-state index in [1.807, 2.05) is 58.2 Å². The highest BCUT2D eigenvalue weighted by molar-refractivity contribution is 6.00. The van der Waals surface area contributed by atoms with Gasteiger partial charge in [0, 0.05) is 36.9 Å². The van der Waals surface area contributed by atoms with Gasteiger partial charge in [-0.1, -0.05) is 48.0 Å². The third kappa shape index (κ3) is 3.58. The van der Waals surface area contributed by atoms with Gasteiger partial charge in [0.25, 0.3) is 5.91 Å². The van der Waals surface area contributed by atoms with Crippen LogP contribution in [0.15, 0.2) is 60.8 Å². The normalized spacial score (nSPS) is 21.2. The Hall–Kier alpha value is -2.92. The van der Waals surface area contributed by atoms with E-state index >= 15 is 0 Å². The standard InChI is InChI=1S/C24H26N4O/c1-17-7-11-21(12-8-17)28-16-22(23(26-28)18-5-3-2-4-6-18)24(29)27-14-13-19-9-10-20(15-27)25-19/h2-8,11-12,16,19-20,25H,9-10,13-15H2,1H3. The number of amides is 1. The Kier molecular flexibility index (Phi) is 4.68. The summed E-state index contributed by atoms with van der Waals surface area (Å²) in [5.41, 5.74) is 4.56. The van der Waals surface area contributed by atoms with Gasteiger partial charge in [0.05, 0.1) is 11.3 Å². The molecule has 1 N–H and O–H groups in total. The van der Waals surface area contributed by atoms with Crippen LogP contribution >= 0.6 is 0 Å². The van der Waals surface area contributed by atoms with Crippen molar-refractivity contribution in [2.45, 2.75) is 38.3 Å². The number of hydrogen-bond acceptors (Lipinski definition) is 3. The van der Waals surface area contributed by atoms with E-state index in [0.717, 1.165) is 42.9 Å². The Labute approximate surface area is 171 Å². The molecule has 5 heteroatoms. The van der Waals surface area contributed by atoms with Gasteiger partial charge in [0.15, 0.2) is 0 Å². The van der Waals surface area contributed by atoms with Crippen molar-refractivity contribution in [3.05, 3.63) is 71.9 Å². The number of nitrogens with one attached hydrogen (secondary N) is 1. The minimum atomic E-state index is 0.0802. The first kappa shape index (κ1) is 18.1. The van der Waals surface area contributed by atoms with Gasteiger partial charge in [0.1, 0.15) is 5.69 Å². The van der Waals surface area contributed by atoms with Gasteiger partial charge in [-0.25, -0.2) is 4.68 Å². The van der Waals surface area contributed by atoms with Crippen LogP contribution in [0.3, 0.4) is 0 Å². The molecule has 0 spiro atoms. The summed E-state index contributed by atoms with van der Waals surface area (Å²) in [7, 11) is 0. The third-order valence-corrected chi connectivity index (χ3v) is 6.10. The molecule has 5 nitrogen and oxygen atoms in total. The van der Waals surface area contributed by atoms with E-state index in [1.165, 1.54) is 12.0 Å². The molecule has 2 aliphatic heterocycles. The predicted octanol–water partition coefficient (Wildman–Crippen LogP) is 3.81. The maximum Gasteiger partial charge on any atom is 0.257 e. The summed E-state index contributed by atoms with van der Waals surface area (Å²) in [4.78, 5) is 15.6. The zero-order valence-corrected chi connectivity index (χ0v) is 16.7. The van der Waals surface area contributed by atoms with E-state index in [0.29, 0.717) is 17.6 Å². The summed E-state index contributed by atoms with van der Waals surface area (Å²) in [6, 6.07) is 19.2. The lowest BCUT2D eigenvalue weighted by molar-refractivity contribution is 0.0749. The number of carbonyl (C=O) groups excluding carboxylic acids is 1. The van der Waals surface area contributed by atoms with Crippen molar-refractivity contribution >= 4 is 5.91 Å². The molecule has 2 unspecified atom stereocenters. The summed E-state index contributed by atoms with van der Waals surface area (Å²) >= 11 is 0. The van der Waals surface area contributed by atoms with Gasteiger partial charge >= 0.3 is 0 Å². The number of likely N-dealkylation sites (tertiary alicyclic amines) is 1. The van der Waals surface area contributed by atoms with Crippen molar-refractivity contribution in [2.24, 2.45) is 0 Å². The van der Waals surface area contributed by atoms with Gasteiger partial charge < -0.3 is 10.2 Å². The number of nitrogens with zero attached hydrogens (tertiary/aromatic N) is 3. The zero-order valence-electron chi connectivity index (χ0n) is 16.7. The fourth-order valence-corrected chi connectivity index (χ4v) is 4.47. The molecule has 2 fully saturated rings. The number of carbonyl (C=O) groups is 1. The molecular weight excluding hydrogens is 360 g/mol. The summed E-state index contributed by atoms with van der Waals surface area (Å²) in [5, 5.41) is 8.48. The lowest BCUT2D eigenvalue weighted by Gasteiger charge is -2.24. The van der Waals surface area contributed by atoms with Gasteiger partial charge in [-0.15, -0.1) is 0 Å². The Morgan fingerprint density at radius 3 is 2.55 bits per heavy atom. The van der Waals surface area contributed by atoms with Crippen LogP contribution in [0.25, 0.3) is 16.9 Å². The molecule has 148 valence electrons. The third-order valence-electron chi connectivity index (χ3n) is 6.10. The number of aryl methyl sites for hydroxylation is 1. The first-order chi connectivity index (χ1) is 14.2. The average molecular weight is 386 g/mol. The van der Waals surface area contributed by atoms with Crippen molar-refractivity contribution < 1.29 is 4.79 Å². The second-order valence-electron chi connectivity index (χ2n) is 8.22. The van der Waals surface area contributed by atoms with Gasteiger partial charge in [-0.2, -0.15) is 5.10 Å². The Morgan fingerprint density at radius 1 is 1.00 bits per heavy atom. The minimum absolute atomic E-state index is 0.0802. The molecule has 1 aromatic heterocycles. The minimum Gasteiger partial charge on any atom is -0.337 e. The largest absolute Gasteiger partial charge is 0.337 e. The maximum atomic E-state index is 13.6. The Morgan fingerprint density at radius 2 is 1.76 bits per heavy atom. The number of fused-ring (bicyclic) bond motifs is 2. The smallest absolute Gasteiger partial charge is 0.257 e. The van der Waals surface area contributed by atoms with Crippen molar-refractivity contribution in [3.63, 3.8) is 0 Å². The zero-order chi connectivity index (χ0) is 19.8. The van der Waals surface area contributed by atoms with Gasteiger partial charge in [-0.05, 0) is 38.3 Å². The van der Waals surface area contributed by atoms with Gasteiger partial charge in [-0.3, -0.25) is 4.79 Å². The summed E-state index contributed by atoms with van der Waals surface area (Å²) in [6.45, 7) is 3.65. The maximum absolute atomic E-state index is 13.6. The van der Waals surface area contributed by atoms with Crippen molar-refractivity contribution in [3.8, 4) is 16.9 Å².